The third-order valence-electron chi connectivity index (χ3n) is 1.40. The molecule has 0 aliphatic heterocycles. The molecule has 0 aromatic rings. The molecule has 1 heteroatoms. The standard InChI is InChI=1S/C8H11.Ir/c1-2-4-6-8-7-5-3-1;/h1-5H,6-8H2;/b2-1-,5-3-;. The first kappa shape index (κ1) is 7.24. The molecule has 1 aliphatic rings. The molecule has 0 nitrogen and oxygen atoms in total. The molecule has 0 fully saturated rings. The number of rotatable bonds is 0. The molecule has 0 saturated carbocycles. The van der Waals surface area contributed by atoms with Crippen LogP contribution in [0.25, 0.3) is 0 Å². The van der Waals surface area contributed by atoms with Gasteiger partial charge in [0.15, 0.2) is 0 Å². The molecule has 0 aromatic heterocycles. The van der Waals surface area contributed by atoms with E-state index in [0.717, 1.165) is 4.43 Å². The molecule has 1 unspecified atom stereocenters. The molecule has 0 N–H and O–H groups in total. The van der Waals surface area contributed by atoms with Gasteiger partial charge in [-0.05, 0) is 0 Å². The SMILES string of the molecule is [Ir][CH]1/C=C\C=C/CCC1. The van der Waals surface area contributed by atoms with Crippen molar-refractivity contribution in [2.45, 2.75) is 23.7 Å². The third-order valence-corrected chi connectivity index (χ3v) is 2.55. The van der Waals surface area contributed by atoms with Gasteiger partial charge in [-0.25, -0.2) is 0 Å². The Morgan fingerprint density at radius 2 is 2.22 bits per heavy atom. The van der Waals surface area contributed by atoms with Gasteiger partial charge in [-0.1, -0.05) is 0 Å². The molecule has 0 aromatic carbocycles. The van der Waals surface area contributed by atoms with E-state index in [0.29, 0.717) is 0 Å². The summed E-state index contributed by atoms with van der Waals surface area (Å²) in [5.74, 6) is 0. The van der Waals surface area contributed by atoms with Crippen molar-refractivity contribution in [2.24, 2.45) is 0 Å². The summed E-state index contributed by atoms with van der Waals surface area (Å²) in [4.78, 5) is 0. The summed E-state index contributed by atoms with van der Waals surface area (Å²) in [6, 6.07) is 0. The van der Waals surface area contributed by atoms with Crippen molar-refractivity contribution in [3.8, 4) is 0 Å². The Morgan fingerprint density at radius 3 is 3.11 bits per heavy atom. The molecule has 52 valence electrons. The molecular formula is C8H11Ir. The first-order valence-corrected chi connectivity index (χ1v) is 4.73. The first-order valence-electron chi connectivity index (χ1n) is 3.34. The maximum absolute atomic E-state index is 2.27. The quantitative estimate of drug-likeness (QED) is 0.645. The van der Waals surface area contributed by atoms with Crippen LogP contribution in [0.2, 0.25) is 4.43 Å². The van der Waals surface area contributed by atoms with Crippen LogP contribution in [0.5, 0.6) is 0 Å². The molecule has 1 aliphatic carbocycles. The topological polar surface area (TPSA) is 0 Å². The van der Waals surface area contributed by atoms with Gasteiger partial charge < -0.3 is 0 Å². The fourth-order valence-electron chi connectivity index (χ4n) is 0.872. The zero-order valence-corrected chi connectivity index (χ0v) is 7.74. The summed E-state index contributed by atoms with van der Waals surface area (Å²) in [5.41, 5.74) is 0. The number of hydrogen-bond acceptors (Lipinski definition) is 0. The van der Waals surface area contributed by atoms with E-state index in [1.807, 2.05) is 0 Å². The molecule has 1 rings (SSSR count). The Bertz CT molecular complexity index is 125. The Labute approximate surface area is 67.2 Å². The average Bonchev–Trinajstić information content (AvgIpc) is 1.79. The van der Waals surface area contributed by atoms with Crippen LogP contribution in [0.1, 0.15) is 19.3 Å². The Hall–Kier alpha value is 0.129. The fourth-order valence-corrected chi connectivity index (χ4v) is 1.63. The molecule has 0 heterocycles. The van der Waals surface area contributed by atoms with Crippen molar-refractivity contribution < 1.29 is 18.9 Å². The summed E-state index contributed by atoms with van der Waals surface area (Å²) in [5, 5.41) is 0. The van der Waals surface area contributed by atoms with Gasteiger partial charge in [-0.15, -0.1) is 0 Å². The van der Waals surface area contributed by atoms with E-state index in [2.05, 4.69) is 43.2 Å². The molecule has 1 atom stereocenters. The van der Waals surface area contributed by atoms with Gasteiger partial charge in [-0.3, -0.25) is 0 Å². The van der Waals surface area contributed by atoms with E-state index in [1.165, 1.54) is 19.3 Å². The van der Waals surface area contributed by atoms with Crippen molar-refractivity contribution >= 4 is 0 Å². The summed E-state index contributed by atoms with van der Waals surface area (Å²) in [6.45, 7) is 0. The van der Waals surface area contributed by atoms with Crippen molar-refractivity contribution in [1.29, 1.82) is 0 Å². The van der Waals surface area contributed by atoms with Crippen LogP contribution < -0.4 is 0 Å². The van der Waals surface area contributed by atoms with Crippen LogP contribution >= 0.6 is 0 Å². The van der Waals surface area contributed by atoms with Gasteiger partial charge >= 0.3 is 66.9 Å². The second-order valence-electron chi connectivity index (χ2n) is 2.23. The van der Waals surface area contributed by atoms with Crippen molar-refractivity contribution in [3.63, 3.8) is 0 Å². The van der Waals surface area contributed by atoms with Gasteiger partial charge in [0.05, 0.1) is 0 Å². The van der Waals surface area contributed by atoms with E-state index in [9.17, 15) is 0 Å². The van der Waals surface area contributed by atoms with E-state index in [-0.39, 0.29) is 0 Å². The van der Waals surface area contributed by atoms with Gasteiger partial charge in [0, 0.05) is 0 Å². The van der Waals surface area contributed by atoms with Crippen LogP contribution in [0.4, 0.5) is 0 Å². The monoisotopic (exact) mass is 300 g/mol. The molecule has 0 saturated heterocycles. The van der Waals surface area contributed by atoms with Crippen LogP contribution in [0, 0.1) is 0 Å². The molecule has 0 bridgehead atoms. The number of hydrogen-bond donors (Lipinski definition) is 0. The van der Waals surface area contributed by atoms with E-state index < -0.39 is 0 Å². The second kappa shape index (κ2) is 4.03. The predicted molar refractivity (Wildman–Crippen MR) is 35.9 cm³/mol. The van der Waals surface area contributed by atoms with Crippen LogP contribution in [0.3, 0.4) is 0 Å². The van der Waals surface area contributed by atoms with Gasteiger partial charge in [-0.2, -0.15) is 0 Å². The van der Waals surface area contributed by atoms with Gasteiger partial charge in [0.25, 0.3) is 0 Å². The summed E-state index contributed by atoms with van der Waals surface area (Å²) < 4.78 is 0.787. The number of allylic oxidation sites excluding steroid dienone is 4. The van der Waals surface area contributed by atoms with Crippen molar-refractivity contribution in [3.05, 3.63) is 24.3 Å². The normalized spacial score (nSPS) is 34.7. The summed E-state index contributed by atoms with van der Waals surface area (Å²) >= 11 is 2.27. The first-order chi connectivity index (χ1) is 4.39. The summed E-state index contributed by atoms with van der Waals surface area (Å²) in [6.07, 6.45) is 12.8. The molecular weight excluding hydrogens is 288 g/mol. The van der Waals surface area contributed by atoms with Gasteiger partial charge in [0.2, 0.25) is 0 Å². The third kappa shape index (κ3) is 2.98. The van der Waals surface area contributed by atoms with Crippen molar-refractivity contribution in [1.82, 2.24) is 0 Å². The van der Waals surface area contributed by atoms with Crippen LogP contribution in [0.15, 0.2) is 24.3 Å². The van der Waals surface area contributed by atoms with Crippen LogP contribution in [-0.2, 0) is 18.9 Å². The Morgan fingerprint density at radius 1 is 1.33 bits per heavy atom. The molecule has 0 amide bonds. The minimum atomic E-state index is 0.787. The molecule has 0 spiro atoms. The van der Waals surface area contributed by atoms with E-state index in [4.69, 9.17) is 0 Å². The predicted octanol–water partition coefficient (Wildman–Crippen LogP) is 2.62. The molecule has 9 heavy (non-hydrogen) atoms. The van der Waals surface area contributed by atoms with Crippen molar-refractivity contribution in [2.75, 3.05) is 0 Å². The van der Waals surface area contributed by atoms with Gasteiger partial charge in [0.1, 0.15) is 0 Å². The summed E-state index contributed by atoms with van der Waals surface area (Å²) in [7, 11) is 0. The fraction of sp³-hybridized carbons (Fsp3) is 0.500. The average molecular weight is 299 g/mol. The van der Waals surface area contributed by atoms with E-state index >= 15 is 0 Å². The zero-order chi connectivity index (χ0) is 6.53. The van der Waals surface area contributed by atoms with Crippen LogP contribution in [-0.4, -0.2) is 0 Å². The second-order valence-corrected chi connectivity index (χ2v) is 4.00. The van der Waals surface area contributed by atoms with E-state index in [1.54, 1.807) is 0 Å². The Kier molecular flexibility index (Phi) is 3.24. The molecule has 0 radical (unpaired) electrons. The minimum absolute atomic E-state index is 0.787. The zero-order valence-electron chi connectivity index (χ0n) is 5.34. The maximum atomic E-state index is 2.27. The Balaban J connectivity index is 2.44.